The molecule has 0 amide bonds. The Bertz CT molecular complexity index is 1260. The predicted octanol–water partition coefficient (Wildman–Crippen LogP) is 4.88. The third-order valence-corrected chi connectivity index (χ3v) is 6.95. The Hall–Kier alpha value is -2.35. The number of hydrogen-bond acceptors (Lipinski definition) is 5. The lowest BCUT2D eigenvalue weighted by Crippen LogP contribution is -2.46. The van der Waals surface area contributed by atoms with Crippen LogP contribution >= 0.6 is 22.9 Å². The maximum atomic E-state index is 13.6. The monoisotopic (exact) mass is 445 g/mol. The zero-order chi connectivity index (χ0) is 20.7. The molecule has 0 saturated carbocycles. The summed E-state index contributed by atoms with van der Waals surface area (Å²) in [7, 11) is 0. The molecule has 5 nitrogen and oxygen atoms in total. The van der Waals surface area contributed by atoms with Crippen molar-refractivity contribution in [3.05, 3.63) is 62.7 Å². The number of halogens is 2. The minimum atomic E-state index is -0.465. The molecule has 0 spiro atoms. The third kappa shape index (κ3) is 3.85. The van der Waals surface area contributed by atoms with E-state index in [1.54, 1.807) is 23.5 Å². The van der Waals surface area contributed by atoms with Crippen molar-refractivity contribution in [1.29, 1.82) is 0 Å². The fraction of sp³-hybridized carbons (Fsp3) is 0.318. The molecule has 1 saturated heterocycles. The van der Waals surface area contributed by atoms with Gasteiger partial charge in [0.15, 0.2) is 5.58 Å². The molecule has 156 valence electrons. The Kier molecular flexibility index (Phi) is 5.26. The van der Waals surface area contributed by atoms with Gasteiger partial charge in [0.05, 0.1) is 11.2 Å². The van der Waals surface area contributed by atoms with Crippen molar-refractivity contribution in [2.75, 3.05) is 37.6 Å². The number of aromatic amines is 1. The van der Waals surface area contributed by atoms with E-state index in [0.717, 1.165) is 61.3 Å². The highest BCUT2D eigenvalue weighted by molar-refractivity contribution is 7.17. The van der Waals surface area contributed by atoms with E-state index in [4.69, 9.17) is 16.0 Å². The second-order valence-electron chi connectivity index (χ2n) is 7.65. The van der Waals surface area contributed by atoms with Gasteiger partial charge in [0, 0.05) is 35.9 Å². The van der Waals surface area contributed by atoms with Gasteiger partial charge in [-0.2, -0.15) is 0 Å². The van der Waals surface area contributed by atoms with Gasteiger partial charge in [0.25, 0.3) is 0 Å². The molecule has 8 heteroatoms. The molecule has 1 aliphatic rings. The van der Waals surface area contributed by atoms with Crippen molar-refractivity contribution in [2.24, 2.45) is 0 Å². The van der Waals surface area contributed by atoms with Crippen LogP contribution in [-0.4, -0.2) is 42.6 Å². The van der Waals surface area contributed by atoms with E-state index in [1.807, 2.05) is 12.1 Å². The summed E-state index contributed by atoms with van der Waals surface area (Å²) in [5.74, 6) is -0.639. The Morgan fingerprint density at radius 2 is 2.00 bits per heavy atom. The summed E-state index contributed by atoms with van der Waals surface area (Å²) in [6.45, 7) is 4.56. The van der Waals surface area contributed by atoms with Crippen LogP contribution in [0.4, 0.5) is 10.1 Å². The van der Waals surface area contributed by atoms with Crippen LogP contribution in [0.1, 0.15) is 12.0 Å². The predicted molar refractivity (Wildman–Crippen MR) is 121 cm³/mol. The Labute approximate surface area is 181 Å². The molecule has 2 aromatic heterocycles. The highest BCUT2D eigenvalue weighted by Crippen LogP contribution is 2.30. The number of nitrogens with zero attached hydrogens (tertiary/aromatic N) is 2. The zero-order valence-electron chi connectivity index (χ0n) is 16.3. The van der Waals surface area contributed by atoms with Gasteiger partial charge in [-0.3, -0.25) is 9.88 Å². The second kappa shape index (κ2) is 8.06. The quantitative estimate of drug-likeness (QED) is 0.475. The van der Waals surface area contributed by atoms with Crippen molar-refractivity contribution in [2.45, 2.75) is 12.8 Å². The number of aryl methyl sites for hydroxylation is 1. The molecule has 0 atom stereocenters. The molecule has 2 aromatic carbocycles. The summed E-state index contributed by atoms with van der Waals surface area (Å²) in [6, 6.07) is 8.59. The van der Waals surface area contributed by atoms with Crippen LogP contribution in [0.5, 0.6) is 0 Å². The molecular weight excluding hydrogens is 425 g/mol. The fourth-order valence-electron chi connectivity index (χ4n) is 4.20. The van der Waals surface area contributed by atoms with E-state index in [-0.39, 0.29) is 5.82 Å². The van der Waals surface area contributed by atoms with Crippen molar-refractivity contribution in [3.63, 3.8) is 0 Å². The number of H-pyrrole nitrogens is 1. The van der Waals surface area contributed by atoms with Crippen molar-refractivity contribution in [1.82, 2.24) is 9.88 Å². The molecule has 0 aliphatic carbocycles. The molecule has 1 fully saturated rings. The Morgan fingerprint density at radius 3 is 2.83 bits per heavy atom. The minimum absolute atomic E-state index is 0.174. The van der Waals surface area contributed by atoms with E-state index < -0.39 is 5.76 Å². The van der Waals surface area contributed by atoms with E-state index in [1.165, 1.54) is 11.6 Å². The number of oxazole rings is 1. The summed E-state index contributed by atoms with van der Waals surface area (Å²) < 4.78 is 20.0. The first kappa shape index (κ1) is 19.6. The smallest absolute Gasteiger partial charge is 0.406 e. The molecule has 3 heterocycles. The van der Waals surface area contributed by atoms with E-state index in [9.17, 15) is 9.18 Å². The van der Waals surface area contributed by atoms with Crippen LogP contribution in [0.2, 0.25) is 5.02 Å². The van der Waals surface area contributed by atoms with Crippen molar-refractivity contribution in [3.8, 4) is 0 Å². The van der Waals surface area contributed by atoms with Crippen LogP contribution in [0.15, 0.2) is 44.9 Å². The first-order chi connectivity index (χ1) is 14.6. The van der Waals surface area contributed by atoms with Crippen LogP contribution in [0.3, 0.4) is 0 Å². The topological polar surface area (TPSA) is 52.5 Å². The van der Waals surface area contributed by atoms with Gasteiger partial charge in [-0.05, 0) is 66.0 Å². The number of piperazine rings is 1. The maximum absolute atomic E-state index is 13.6. The first-order valence-electron chi connectivity index (χ1n) is 10.0. The van der Waals surface area contributed by atoms with Gasteiger partial charge in [0.1, 0.15) is 5.82 Å². The lowest BCUT2D eigenvalue weighted by Gasteiger charge is -2.36. The average molecular weight is 446 g/mol. The van der Waals surface area contributed by atoms with Crippen LogP contribution in [0, 0.1) is 5.82 Å². The van der Waals surface area contributed by atoms with Gasteiger partial charge >= 0.3 is 5.76 Å². The first-order valence-corrected chi connectivity index (χ1v) is 11.3. The standard InChI is InChI=1S/C22H21ClFN3O2S/c23-15-10-18-21(29-22(28)25-18)19(11-15)27-8-6-26(7-9-27)5-1-2-14-13-30-20-4-3-16(24)12-17(14)20/h3-4,10-13H,1-2,5-9H2,(H,25,28). The number of benzene rings is 2. The SMILES string of the molecule is O=c1[nH]c2cc(Cl)cc(N3CCN(CCCc4csc5ccc(F)cc45)CC3)c2o1. The molecule has 5 rings (SSSR count). The molecule has 30 heavy (non-hydrogen) atoms. The third-order valence-electron chi connectivity index (χ3n) is 5.71. The van der Waals surface area contributed by atoms with E-state index in [2.05, 4.69) is 20.2 Å². The second-order valence-corrected chi connectivity index (χ2v) is 9.00. The van der Waals surface area contributed by atoms with Gasteiger partial charge in [0.2, 0.25) is 0 Å². The van der Waals surface area contributed by atoms with Crippen LogP contribution in [-0.2, 0) is 6.42 Å². The molecule has 0 unspecified atom stereocenters. The molecule has 1 N–H and O–H groups in total. The van der Waals surface area contributed by atoms with Gasteiger partial charge in [-0.15, -0.1) is 11.3 Å². The summed E-state index contributed by atoms with van der Waals surface area (Å²) in [5.41, 5.74) is 3.29. The lowest BCUT2D eigenvalue weighted by molar-refractivity contribution is 0.255. The number of hydrogen-bond donors (Lipinski definition) is 1. The number of fused-ring (bicyclic) bond motifs is 2. The summed E-state index contributed by atoms with van der Waals surface area (Å²) >= 11 is 7.91. The largest absolute Gasteiger partial charge is 0.417 e. The molecule has 1 aliphatic heterocycles. The molecule has 0 radical (unpaired) electrons. The number of anilines is 1. The molecule has 4 aromatic rings. The summed E-state index contributed by atoms with van der Waals surface area (Å²) in [4.78, 5) is 18.9. The highest BCUT2D eigenvalue weighted by atomic mass is 35.5. The van der Waals surface area contributed by atoms with E-state index in [0.29, 0.717) is 16.1 Å². The number of rotatable bonds is 5. The fourth-order valence-corrected chi connectivity index (χ4v) is 5.39. The molecular formula is C22H21ClFN3O2S. The van der Waals surface area contributed by atoms with Gasteiger partial charge in [-0.25, -0.2) is 9.18 Å². The van der Waals surface area contributed by atoms with Gasteiger partial charge < -0.3 is 9.32 Å². The van der Waals surface area contributed by atoms with Crippen molar-refractivity contribution >= 4 is 49.8 Å². The molecule has 0 bridgehead atoms. The van der Waals surface area contributed by atoms with Crippen LogP contribution < -0.4 is 10.7 Å². The normalized spacial score (nSPS) is 15.5. The van der Waals surface area contributed by atoms with Gasteiger partial charge in [-0.1, -0.05) is 11.6 Å². The zero-order valence-corrected chi connectivity index (χ0v) is 17.9. The minimum Gasteiger partial charge on any atom is -0.406 e. The Balaban J connectivity index is 1.20. The van der Waals surface area contributed by atoms with Crippen LogP contribution in [0.25, 0.3) is 21.2 Å². The number of nitrogens with one attached hydrogen (secondary N) is 1. The average Bonchev–Trinajstić information content (AvgIpc) is 3.30. The Morgan fingerprint density at radius 1 is 1.17 bits per heavy atom. The lowest BCUT2D eigenvalue weighted by atomic mass is 10.1. The maximum Gasteiger partial charge on any atom is 0.417 e. The number of thiophene rings is 1. The van der Waals surface area contributed by atoms with E-state index >= 15 is 0 Å². The summed E-state index contributed by atoms with van der Waals surface area (Å²) in [5, 5.41) is 3.77. The van der Waals surface area contributed by atoms with Crippen molar-refractivity contribution < 1.29 is 8.81 Å². The highest BCUT2D eigenvalue weighted by Gasteiger charge is 2.21. The summed E-state index contributed by atoms with van der Waals surface area (Å²) in [6.07, 6.45) is 1.99. The number of aromatic nitrogens is 1.